The van der Waals surface area contributed by atoms with Crippen LogP contribution in [0.25, 0.3) is 0 Å². The summed E-state index contributed by atoms with van der Waals surface area (Å²) in [6, 6.07) is 0. The topological polar surface area (TPSA) is 95.5 Å². The van der Waals surface area contributed by atoms with Crippen LogP contribution in [-0.4, -0.2) is 36.0 Å². The van der Waals surface area contributed by atoms with Gasteiger partial charge < -0.3 is 15.7 Å². The third-order valence-corrected chi connectivity index (χ3v) is 1.84. The number of carboxylic acid groups (broad SMARTS) is 1. The molecule has 0 rings (SSSR count). The molecule has 0 aromatic rings. The van der Waals surface area contributed by atoms with Gasteiger partial charge in [-0.1, -0.05) is 0 Å². The fourth-order valence-corrected chi connectivity index (χ4v) is 1.07. The van der Waals surface area contributed by atoms with Gasteiger partial charge in [0, 0.05) is 32.9 Å². The van der Waals surface area contributed by atoms with Crippen molar-refractivity contribution in [3.05, 3.63) is 0 Å². The highest BCUT2D eigenvalue weighted by Crippen LogP contribution is 1.90. The summed E-state index contributed by atoms with van der Waals surface area (Å²) in [6.07, 6.45) is 1.43. The zero-order valence-corrected chi connectivity index (χ0v) is 9.41. The smallest absolute Gasteiger partial charge is 0.303 e. The lowest BCUT2D eigenvalue weighted by molar-refractivity contribution is -0.137. The molecule has 0 bridgehead atoms. The Balaban J connectivity index is 3.31. The molecule has 0 fully saturated rings. The summed E-state index contributed by atoms with van der Waals surface area (Å²) in [5, 5.41) is 13.5. The monoisotopic (exact) mass is 230 g/mol. The summed E-state index contributed by atoms with van der Waals surface area (Å²) in [7, 11) is 0. The first-order valence-corrected chi connectivity index (χ1v) is 5.25. The molecule has 0 aliphatic carbocycles. The maximum atomic E-state index is 11.2. The molecule has 0 spiro atoms. The van der Waals surface area contributed by atoms with E-state index >= 15 is 0 Å². The molecule has 0 saturated heterocycles. The van der Waals surface area contributed by atoms with E-state index in [1.165, 1.54) is 6.92 Å². The van der Waals surface area contributed by atoms with Crippen molar-refractivity contribution in [1.82, 2.24) is 10.6 Å². The SMILES string of the molecule is CC(=O)NCCCC(=O)NCCCC(=O)O. The zero-order valence-electron chi connectivity index (χ0n) is 9.41. The molecule has 92 valence electrons. The first kappa shape index (κ1) is 14.4. The highest BCUT2D eigenvalue weighted by Gasteiger charge is 2.01. The second kappa shape index (κ2) is 8.70. The van der Waals surface area contributed by atoms with Gasteiger partial charge in [0.2, 0.25) is 11.8 Å². The van der Waals surface area contributed by atoms with Crippen LogP contribution in [0, 0.1) is 0 Å². The van der Waals surface area contributed by atoms with Gasteiger partial charge in [-0.2, -0.15) is 0 Å². The maximum absolute atomic E-state index is 11.2. The number of aliphatic carboxylic acids is 1. The Morgan fingerprint density at radius 1 is 1.00 bits per heavy atom. The molecule has 0 atom stereocenters. The number of carbonyl (C=O) groups is 3. The van der Waals surface area contributed by atoms with E-state index in [-0.39, 0.29) is 18.2 Å². The quantitative estimate of drug-likeness (QED) is 0.507. The van der Waals surface area contributed by atoms with E-state index in [1.807, 2.05) is 0 Å². The van der Waals surface area contributed by atoms with Gasteiger partial charge in [0.15, 0.2) is 0 Å². The fourth-order valence-electron chi connectivity index (χ4n) is 1.07. The Hall–Kier alpha value is -1.59. The predicted octanol–water partition coefficient (Wildman–Crippen LogP) is -0.116. The lowest BCUT2D eigenvalue weighted by Crippen LogP contribution is -2.27. The summed E-state index contributed by atoms with van der Waals surface area (Å²) in [4.78, 5) is 31.8. The molecular weight excluding hydrogens is 212 g/mol. The van der Waals surface area contributed by atoms with Crippen LogP contribution in [0.2, 0.25) is 0 Å². The second-order valence-electron chi connectivity index (χ2n) is 3.43. The molecule has 6 heteroatoms. The molecule has 0 saturated carbocycles. The first-order chi connectivity index (χ1) is 7.52. The van der Waals surface area contributed by atoms with Crippen molar-refractivity contribution in [3.8, 4) is 0 Å². The van der Waals surface area contributed by atoms with Crippen LogP contribution >= 0.6 is 0 Å². The summed E-state index contributed by atoms with van der Waals surface area (Å²) >= 11 is 0. The molecule has 0 aliphatic rings. The van der Waals surface area contributed by atoms with E-state index in [0.717, 1.165) is 0 Å². The number of hydrogen-bond donors (Lipinski definition) is 3. The predicted molar refractivity (Wildman–Crippen MR) is 57.8 cm³/mol. The minimum Gasteiger partial charge on any atom is -0.481 e. The average Bonchev–Trinajstić information content (AvgIpc) is 2.19. The van der Waals surface area contributed by atoms with Gasteiger partial charge in [0.05, 0.1) is 0 Å². The molecule has 0 aliphatic heterocycles. The largest absolute Gasteiger partial charge is 0.481 e. The molecule has 6 nitrogen and oxygen atoms in total. The number of carboxylic acids is 1. The molecule has 2 amide bonds. The maximum Gasteiger partial charge on any atom is 0.303 e. The third kappa shape index (κ3) is 10.5. The van der Waals surface area contributed by atoms with Crippen LogP contribution in [0.4, 0.5) is 0 Å². The Morgan fingerprint density at radius 3 is 2.12 bits per heavy atom. The van der Waals surface area contributed by atoms with Crippen molar-refractivity contribution < 1.29 is 19.5 Å². The van der Waals surface area contributed by atoms with E-state index in [4.69, 9.17) is 5.11 Å². The van der Waals surface area contributed by atoms with Crippen molar-refractivity contribution in [2.24, 2.45) is 0 Å². The molecule has 0 aromatic heterocycles. The Kier molecular flexibility index (Phi) is 7.83. The van der Waals surface area contributed by atoms with E-state index in [2.05, 4.69) is 10.6 Å². The molecule has 3 N–H and O–H groups in total. The van der Waals surface area contributed by atoms with Crippen LogP contribution in [0.15, 0.2) is 0 Å². The summed E-state index contributed by atoms with van der Waals surface area (Å²) in [6.45, 7) is 2.29. The fraction of sp³-hybridized carbons (Fsp3) is 0.700. The van der Waals surface area contributed by atoms with Crippen molar-refractivity contribution in [1.29, 1.82) is 0 Å². The van der Waals surface area contributed by atoms with Gasteiger partial charge in [-0.25, -0.2) is 0 Å². The van der Waals surface area contributed by atoms with Gasteiger partial charge in [-0.3, -0.25) is 14.4 Å². The average molecular weight is 230 g/mol. The van der Waals surface area contributed by atoms with Crippen LogP contribution in [-0.2, 0) is 14.4 Å². The van der Waals surface area contributed by atoms with Crippen LogP contribution in [0.3, 0.4) is 0 Å². The van der Waals surface area contributed by atoms with Gasteiger partial charge in [-0.15, -0.1) is 0 Å². The second-order valence-corrected chi connectivity index (χ2v) is 3.43. The molecule has 16 heavy (non-hydrogen) atoms. The zero-order chi connectivity index (χ0) is 12.4. The molecule has 0 heterocycles. The minimum atomic E-state index is -0.861. The van der Waals surface area contributed by atoms with Gasteiger partial charge in [0.1, 0.15) is 0 Å². The first-order valence-electron chi connectivity index (χ1n) is 5.25. The molecule has 0 unspecified atom stereocenters. The lowest BCUT2D eigenvalue weighted by atomic mass is 10.2. The number of rotatable bonds is 8. The van der Waals surface area contributed by atoms with Gasteiger partial charge in [0.25, 0.3) is 0 Å². The normalized spacial score (nSPS) is 9.56. The van der Waals surface area contributed by atoms with Crippen molar-refractivity contribution in [2.75, 3.05) is 13.1 Å². The van der Waals surface area contributed by atoms with E-state index < -0.39 is 5.97 Å². The minimum absolute atomic E-state index is 0.0617. The Labute approximate surface area is 94.4 Å². The van der Waals surface area contributed by atoms with Crippen molar-refractivity contribution in [2.45, 2.75) is 32.6 Å². The standard InChI is InChI=1S/C10H18N2O4/c1-8(13)11-6-2-4-9(14)12-7-3-5-10(15)16/h2-7H2,1H3,(H,11,13)(H,12,14)(H,15,16). The highest BCUT2D eigenvalue weighted by molar-refractivity contribution is 5.76. The van der Waals surface area contributed by atoms with Crippen LogP contribution < -0.4 is 10.6 Å². The Bertz CT molecular complexity index is 229. The van der Waals surface area contributed by atoms with Crippen LogP contribution in [0.1, 0.15) is 32.6 Å². The van der Waals surface area contributed by atoms with Gasteiger partial charge in [-0.05, 0) is 12.8 Å². The van der Waals surface area contributed by atoms with Crippen LogP contribution in [0.5, 0.6) is 0 Å². The number of carbonyl (C=O) groups excluding carboxylic acids is 2. The number of nitrogens with one attached hydrogen (secondary N) is 2. The molecule has 0 aromatic carbocycles. The third-order valence-electron chi connectivity index (χ3n) is 1.84. The number of hydrogen-bond acceptors (Lipinski definition) is 3. The van der Waals surface area contributed by atoms with Crippen molar-refractivity contribution >= 4 is 17.8 Å². The van der Waals surface area contributed by atoms with Crippen molar-refractivity contribution in [3.63, 3.8) is 0 Å². The van der Waals surface area contributed by atoms with E-state index in [1.54, 1.807) is 0 Å². The number of amides is 2. The lowest BCUT2D eigenvalue weighted by Gasteiger charge is -2.04. The highest BCUT2D eigenvalue weighted by atomic mass is 16.4. The summed E-state index contributed by atoms with van der Waals surface area (Å²) < 4.78 is 0. The summed E-state index contributed by atoms with van der Waals surface area (Å²) in [5.74, 6) is -1.09. The molecule has 0 radical (unpaired) electrons. The van der Waals surface area contributed by atoms with E-state index in [0.29, 0.717) is 32.4 Å². The Morgan fingerprint density at radius 2 is 1.56 bits per heavy atom. The van der Waals surface area contributed by atoms with E-state index in [9.17, 15) is 14.4 Å². The summed E-state index contributed by atoms with van der Waals surface area (Å²) in [5.41, 5.74) is 0. The molecular formula is C10H18N2O4. The van der Waals surface area contributed by atoms with Gasteiger partial charge >= 0.3 is 5.97 Å².